The van der Waals surface area contributed by atoms with Gasteiger partial charge in [0.15, 0.2) is 0 Å². The molecule has 2 rings (SSSR count). The van der Waals surface area contributed by atoms with Gasteiger partial charge in [0.1, 0.15) is 0 Å². The quantitative estimate of drug-likeness (QED) is 0.682. The fraction of sp³-hybridized carbons (Fsp3) is 1.00. The second kappa shape index (κ2) is 5.50. The Kier molecular flexibility index (Phi) is 4.26. The van der Waals surface area contributed by atoms with Gasteiger partial charge in [0, 0.05) is 24.7 Å². The lowest BCUT2D eigenvalue weighted by Gasteiger charge is -2.31. The summed E-state index contributed by atoms with van der Waals surface area (Å²) in [4.78, 5) is 2.80. The van der Waals surface area contributed by atoms with Gasteiger partial charge >= 0.3 is 0 Å². The Labute approximate surface area is 101 Å². The van der Waals surface area contributed by atoms with E-state index in [9.17, 15) is 0 Å². The zero-order chi connectivity index (χ0) is 11.5. The molecule has 0 aromatic carbocycles. The van der Waals surface area contributed by atoms with E-state index in [1.54, 1.807) is 0 Å². The molecule has 0 saturated heterocycles. The van der Waals surface area contributed by atoms with E-state index < -0.39 is 0 Å². The predicted molar refractivity (Wildman–Crippen MR) is 69.7 cm³/mol. The molecule has 2 aliphatic rings. The van der Waals surface area contributed by atoms with Gasteiger partial charge < -0.3 is 5.32 Å². The zero-order valence-electron chi connectivity index (χ0n) is 11.2. The van der Waals surface area contributed by atoms with Crippen molar-refractivity contribution in [3.8, 4) is 0 Å². The van der Waals surface area contributed by atoms with Crippen molar-refractivity contribution in [1.29, 1.82) is 0 Å². The van der Waals surface area contributed by atoms with Gasteiger partial charge in [-0.25, -0.2) is 0 Å². The molecule has 2 heteroatoms. The van der Waals surface area contributed by atoms with Gasteiger partial charge in [-0.15, -0.1) is 0 Å². The maximum atomic E-state index is 3.53. The molecule has 0 heterocycles. The molecule has 2 fully saturated rings. The third-order valence-corrected chi connectivity index (χ3v) is 4.00. The van der Waals surface area contributed by atoms with E-state index in [0.717, 1.165) is 24.5 Å². The monoisotopic (exact) mass is 224 g/mol. The molecule has 2 atom stereocenters. The normalized spacial score (nSPS) is 24.8. The Hall–Kier alpha value is -0.0800. The molecule has 0 spiro atoms. The largest absolute Gasteiger partial charge is 0.314 e. The van der Waals surface area contributed by atoms with E-state index in [0.29, 0.717) is 6.04 Å². The van der Waals surface area contributed by atoms with Crippen LogP contribution >= 0.6 is 0 Å². The topological polar surface area (TPSA) is 15.3 Å². The summed E-state index contributed by atoms with van der Waals surface area (Å²) in [6.45, 7) is 9.42. The van der Waals surface area contributed by atoms with Crippen LogP contribution in [-0.4, -0.2) is 36.1 Å². The van der Waals surface area contributed by atoms with E-state index in [1.807, 2.05) is 0 Å². The molecule has 0 bridgehead atoms. The lowest BCUT2D eigenvalue weighted by molar-refractivity contribution is 0.171. The summed E-state index contributed by atoms with van der Waals surface area (Å²) in [7, 11) is 0. The SMILES string of the molecule is CCNC(C)CC(C)N(CC1CC1)C1CC1. The van der Waals surface area contributed by atoms with Crippen LogP contribution in [0.3, 0.4) is 0 Å². The molecular weight excluding hydrogens is 196 g/mol. The van der Waals surface area contributed by atoms with Gasteiger partial charge in [-0.3, -0.25) is 4.90 Å². The van der Waals surface area contributed by atoms with Crippen molar-refractivity contribution < 1.29 is 0 Å². The van der Waals surface area contributed by atoms with Crippen LogP contribution in [0, 0.1) is 5.92 Å². The lowest BCUT2D eigenvalue weighted by atomic mass is 10.1. The van der Waals surface area contributed by atoms with Gasteiger partial charge in [0.05, 0.1) is 0 Å². The predicted octanol–water partition coefficient (Wildman–Crippen LogP) is 2.64. The van der Waals surface area contributed by atoms with Crippen LogP contribution < -0.4 is 5.32 Å². The molecule has 16 heavy (non-hydrogen) atoms. The van der Waals surface area contributed by atoms with E-state index in [4.69, 9.17) is 0 Å². The van der Waals surface area contributed by atoms with Crippen molar-refractivity contribution in [2.75, 3.05) is 13.1 Å². The maximum Gasteiger partial charge on any atom is 0.00993 e. The Morgan fingerprint density at radius 3 is 2.38 bits per heavy atom. The van der Waals surface area contributed by atoms with E-state index >= 15 is 0 Å². The average Bonchev–Trinajstić information content (AvgIpc) is 3.08. The summed E-state index contributed by atoms with van der Waals surface area (Å²) >= 11 is 0. The van der Waals surface area contributed by atoms with Crippen molar-refractivity contribution in [1.82, 2.24) is 10.2 Å². The van der Waals surface area contributed by atoms with Gasteiger partial charge in [-0.2, -0.15) is 0 Å². The summed E-state index contributed by atoms with van der Waals surface area (Å²) in [5, 5.41) is 3.53. The van der Waals surface area contributed by atoms with E-state index in [2.05, 4.69) is 31.0 Å². The third-order valence-electron chi connectivity index (χ3n) is 4.00. The molecule has 0 radical (unpaired) electrons. The van der Waals surface area contributed by atoms with Crippen molar-refractivity contribution in [2.24, 2.45) is 5.92 Å². The molecule has 0 aromatic rings. The molecule has 0 aliphatic heterocycles. The summed E-state index contributed by atoms with van der Waals surface area (Å²) in [5.41, 5.74) is 0. The minimum Gasteiger partial charge on any atom is -0.314 e. The second-order valence-electron chi connectivity index (χ2n) is 5.91. The number of hydrogen-bond acceptors (Lipinski definition) is 2. The minimum absolute atomic E-state index is 0.667. The lowest BCUT2D eigenvalue weighted by Crippen LogP contribution is -2.41. The molecule has 2 nitrogen and oxygen atoms in total. The highest BCUT2D eigenvalue weighted by atomic mass is 15.2. The first-order chi connectivity index (χ1) is 7.70. The smallest absolute Gasteiger partial charge is 0.00993 e. The Morgan fingerprint density at radius 2 is 1.88 bits per heavy atom. The van der Waals surface area contributed by atoms with Crippen molar-refractivity contribution in [3.63, 3.8) is 0 Å². The van der Waals surface area contributed by atoms with Gasteiger partial charge in [0.25, 0.3) is 0 Å². The highest BCUT2D eigenvalue weighted by Gasteiger charge is 2.36. The summed E-state index contributed by atoms with van der Waals surface area (Å²) in [6.07, 6.45) is 7.17. The van der Waals surface area contributed by atoms with Crippen LogP contribution in [0.5, 0.6) is 0 Å². The molecule has 1 N–H and O–H groups in total. The van der Waals surface area contributed by atoms with Crippen LogP contribution in [0.1, 0.15) is 52.9 Å². The summed E-state index contributed by atoms with van der Waals surface area (Å²) < 4.78 is 0. The Morgan fingerprint density at radius 1 is 1.19 bits per heavy atom. The Balaban J connectivity index is 1.76. The average molecular weight is 224 g/mol. The number of hydrogen-bond donors (Lipinski definition) is 1. The first kappa shape index (κ1) is 12.4. The van der Waals surface area contributed by atoms with Crippen LogP contribution in [0.2, 0.25) is 0 Å². The third kappa shape index (κ3) is 3.74. The van der Waals surface area contributed by atoms with Gasteiger partial charge in [-0.05, 0) is 58.4 Å². The molecule has 2 saturated carbocycles. The summed E-state index contributed by atoms with van der Waals surface area (Å²) in [6, 6.07) is 2.37. The standard InChI is InChI=1S/C14H28N2/c1-4-15-11(2)9-12(3)16(14-7-8-14)10-13-5-6-13/h11-15H,4-10H2,1-3H3. The molecule has 2 aliphatic carbocycles. The highest BCUT2D eigenvalue weighted by Crippen LogP contribution is 2.36. The molecule has 0 amide bonds. The molecule has 0 aromatic heterocycles. The maximum absolute atomic E-state index is 3.53. The van der Waals surface area contributed by atoms with Gasteiger partial charge in [0.2, 0.25) is 0 Å². The molecular formula is C14H28N2. The highest BCUT2D eigenvalue weighted by molar-refractivity contribution is 4.91. The molecule has 2 unspecified atom stereocenters. The van der Waals surface area contributed by atoms with Crippen LogP contribution in [0.25, 0.3) is 0 Å². The second-order valence-corrected chi connectivity index (χ2v) is 5.91. The Bertz CT molecular complexity index is 209. The zero-order valence-corrected chi connectivity index (χ0v) is 11.2. The number of nitrogens with zero attached hydrogens (tertiary/aromatic N) is 1. The molecule has 94 valence electrons. The van der Waals surface area contributed by atoms with E-state index in [-0.39, 0.29) is 0 Å². The van der Waals surface area contributed by atoms with Crippen molar-refractivity contribution >= 4 is 0 Å². The first-order valence-corrected chi connectivity index (χ1v) is 7.19. The van der Waals surface area contributed by atoms with Crippen LogP contribution in [0.4, 0.5) is 0 Å². The summed E-state index contributed by atoms with van der Waals surface area (Å²) in [5.74, 6) is 1.04. The van der Waals surface area contributed by atoms with Crippen LogP contribution in [0.15, 0.2) is 0 Å². The first-order valence-electron chi connectivity index (χ1n) is 7.19. The fourth-order valence-corrected chi connectivity index (χ4v) is 2.77. The van der Waals surface area contributed by atoms with Crippen molar-refractivity contribution in [2.45, 2.75) is 71.0 Å². The number of rotatable bonds is 8. The minimum atomic E-state index is 0.667. The van der Waals surface area contributed by atoms with Crippen LogP contribution in [-0.2, 0) is 0 Å². The van der Waals surface area contributed by atoms with Crippen molar-refractivity contribution in [3.05, 3.63) is 0 Å². The van der Waals surface area contributed by atoms with Gasteiger partial charge in [-0.1, -0.05) is 6.92 Å². The van der Waals surface area contributed by atoms with E-state index in [1.165, 1.54) is 38.6 Å². The number of nitrogens with one attached hydrogen (secondary N) is 1. The fourth-order valence-electron chi connectivity index (χ4n) is 2.77.